The summed E-state index contributed by atoms with van der Waals surface area (Å²) in [5.41, 5.74) is 0.726. The van der Waals surface area contributed by atoms with Gasteiger partial charge in [0.1, 0.15) is 24.0 Å². The van der Waals surface area contributed by atoms with E-state index >= 15 is 0 Å². The van der Waals surface area contributed by atoms with Crippen LogP contribution in [0.3, 0.4) is 0 Å². The molecule has 0 radical (unpaired) electrons. The number of benzene rings is 1. The van der Waals surface area contributed by atoms with Crippen LogP contribution in [0.2, 0.25) is 5.02 Å². The van der Waals surface area contributed by atoms with Crippen molar-refractivity contribution >= 4 is 35.0 Å². The van der Waals surface area contributed by atoms with Crippen LogP contribution in [0, 0.1) is 11.6 Å². The Kier molecular flexibility index (Phi) is 6.78. The van der Waals surface area contributed by atoms with Gasteiger partial charge in [-0.3, -0.25) is 9.48 Å². The van der Waals surface area contributed by atoms with Gasteiger partial charge in [-0.2, -0.15) is 10.1 Å². The second kappa shape index (κ2) is 9.49. The highest BCUT2D eigenvalue weighted by Crippen LogP contribution is 2.22. The Labute approximate surface area is 176 Å². The van der Waals surface area contributed by atoms with Crippen LogP contribution < -0.4 is 16.0 Å². The zero-order chi connectivity index (χ0) is 21.7. The van der Waals surface area contributed by atoms with Crippen LogP contribution in [0.5, 0.6) is 0 Å². The fraction of sp³-hybridized carbons (Fsp3) is 0.263. The molecule has 0 unspecified atom stereocenters. The number of anilines is 3. The molecule has 3 aromatic rings. The third-order valence-corrected chi connectivity index (χ3v) is 4.19. The fourth-order valence-corrected chi connectivity index (χ4v) is 2.86. The molecule has 30 heavy (non-hydrogen) atoms. The van der Waals surface area contributed by atoms with Crippen molar-refractivity contribution in [2.75, 3.05) is 10.6 Å². The van der Waals surface area contributed by atoms with Gasteiger partial charge in [-0.05, 0) is 26.0 Å². The number of carbonyl (C=O) groups is 1. The predicted molar refractivity (Wildman–Crippen MR) is 110 cm³/mol. The number of hydrogen-bond acceptors (Lipinski definition) is 6. The summed E-state index contributed by atoms with van der Waals surface area (Å²) in [6.07, 6.45) is 4.71. The molecule has 0 atom stereocenters. The lowest BCUT2D eigenvalue weighted by Gasteiger charge is -2.10. The van der Waals surface area contributed by atoms with E-state index in [9.17, 15) is 13.6 Å². The summed E-state index contributed by atoms with van der Waals surface area (Å²) in [6.45, 7) is 3.87. The highest BCUT2D eigenvalue weighted by Gasteiger charge is 2.11. The molecule has 0 fully saturated rings. The van der Waals surface area contributed by atoms with E-state index in [1.165, 1.54) is 10.9 Å². The number of carbonyl (C=O) groups excluding carboxylic acids is 1. The van der Waals surface area contributed by atoms with Crippen LogP contribution in [0.15, 0.2) is 36.8 Å². The van der Waals surface area contributed by atoms with Crippen LogP contribution in [-0.4, -0.2) is 31.7 Å². The van der Waals surface area contributed by atoms with E-state index in [0.717, 1.165) is 12.1 Å². The molecule has 0 bridgehead atoms. The Morgan fingerprint density at radius 3 is 2.83 bits per heavy atom. The number of aromatic nitrogens is 4. The standard InChI is InChI=1S/C19H20ClF2N7O/c1-11(2)26-18(30)10-29-9-13(7-25-29)27-19-23-4-3-17(28-19)24-8-14-15(20)5-12(21)6-16(14)22/h3-7,9,11H,8,10H2,1-2H3,(H,26,30)(H2,23,24,27,28). The first-order valence-electron chi connectivity index (χ1n) is 9.09. The van der Waals surface area contributed by atoms with Crippen molar-refractivity contribution in [3.63, 3.8) is 0 Å². The molecule has 0 saturated heterocycles. The van der Waals surface area contributed by atoms with E-state index in [1.807, 2.05) is 13.8 Å². The van der Waals surface area contributed by atoms with E-state index in [4.69, 9.17) is 11.6 Å². The highest BCUT2D eigenvalue weighted by molar-refractivity contribution is 6.31. The monoisotopic (exact) mass is 435 g/mol. The second-order valence-electron chi connectivity index (χ2n) is 6.74. The molecular formula is C19H20ClF2N7O. The van der Waals surface area contributed by atoms with Crippen molar-refractivity contribution in [3.8, 4) is 0 Å². The summed E-state index contributed by atoms with van der Waals surface area (Å²) < 4.78 is 28.5. The van der Waals surface area contributed by atoms with Gasteiger partial charge < -0.3 is 16.0 Å². The topological polar surface area (TPSA) is 96.8 Å². The van der Waals surface area contributed by atoms with E-state index in [2.05, 4.69) is 31.0 Å². The van der Waals surface area contributed by atoms with Gasteiger partial charge in [0.2, 0.25) is 11.9 Å². The minimum atomic E-state index is -0.742. The highest BCUT2D eigenvalue weighted by atomic mass is 35.5. The van der Waals surface area contributed by atoms with Crippen molar-refractivity contribution in [2.45, 2.75) is 33.0 Å². The van der Waals surface area contributed by atoms with Crippen LogP contribution in [-0.2, 0) is 17.9 Å². The number of halogens is 3. The quantitative estimate of drug-likeness (QED) is 0.501. The van der Waals surface area contributed by atoms with Crippen LogP contribution in [0.1, 0.15) is 19.4 Å². The maximum absolute atomic E-state index is 13.9. The van der Waals surface area contributed by atoms with E-state index in [0.29, 0.717) is 11.5 Å². The minimum Gasteiger partial charge on any atom is -0.366 e. The van der Waals surface area contributed by atoms with Gasteiger partial charge in [0.15, 0.2) is 0 Å². The number of nitrogens with one attached hydrogen (secondary N) is 3. The molecule has 158 valence electrons. The lowest BCUT2D eigenvalue weighted by Crippen LogP contribution is -2.33. The van der Waals surface area contributed by atoms with Gasteiger partial charge in [-0.1, -0.05) is 11.6 Å². The first kappa shape index (κ1) is 21.4. The third-order valence-electron chi connectivity index (χ3n) is 3.85. The maximum atomic E-state index is 13.9. The Hall–Kier alpha value is -3.27. The van der Waals surface area contributed by atoms with Crippen molar-refractivity contribution in [2.24, 2.45) is 0 Å². The third kappa shape index (κ3) is 5.86. The average Bonchev–Trinajstić information content (AvgIpc) is 3.07. The Bertz CT molecular complexity index is 1020. The Balaban J connectivity index is 1.62. The molecule has 2 heterocycles. The van der Waals surface area contributed by atoms with Gasteiger partial charge in [-0.25, -0.2) is 13.8 Å². The fourth-order valence-electron chi connectivity index (χ4n) is 2.60. The molecule has 2 aromatic heterocycles. The molecule has 1 aromatic carbocycles. The molecule has 3 N–H and O–H groups in total. The summed E-state index contributed by atoms with van der Waals surface area (Å²) in [5.74, 6) is -0.938. The van der Waals surface area contributed by atoms with Gasteiger partial charge >= 0.3 is 0 Å². The number of nitrogens with zero attached hydrogens (tertiary/aromatic N) is 4. The molecule has 0 spiro atoms. The largest absolute Gasteiger partial charge is 0.366 e. The first-order chi connectivity index (χ1) is 14.3. The van der Waals surface area contributed by atoms with Crippen molar-refractivity contribution in [3.05, 3.63) is 59.0 Å². The molecule has 0 aliphatic carbocycles. The zero-order valence-electron chi connectivity index (χ0n) is 16.3. The van der Waals surface area contributed by atoms with Crippen LogP contribution >= 0.6 is 11.6 Å². The van der Waals surface area contributed by atoms with Crippen molar-refractivity contribution < 1.29 is 13.6 Å². The van der Waals surface area contributed by atoms with E-state index in [-0.39, 0.29) is 41.6 Å². The molecule has 3 rings (SSSR count). The molecule has 0 aliphatic rings. The maximum Gasteiger partial charge on any atom is 0.241 e. The zero-order valence-corrected chi connectivity index (χ0v) is 17.0. The molecule has 0 aliphatic heterocycles. The summed E-state index contributed by atoms with van der Waals surface area (Å²) in [5, 5.41) is 12.8. The summed E-state index contributed by atoms with van der Waals surface area (Å²) in [6, 6.07) is 3.47. The van der Waals surface area contributed by atoms with Crippen molar-refractivity contribution in [1.29, 1.82) is 0 Å². The smallest absolute Gasteiger partial charge is 0.241 e. The van der Waals surface area contributed by atoms with E-state index < -0.39 is 11.6 Å². The van der Waals surface area contributed by atoms with Crippen LogP contribution in [0.4, 0.5) is 26.2 Å². The predicted octanol–water partition coefficient (Wildman–Crippen LogP) is 3.49. The first-order valence-corrected chi connectivity index (χ1v) is 9.47. The van der Waals surface area contributed by atoms with Gasteiger partial charge in [0.25, 0.3) is 0 Å². The number of rotatable bonds is 8. The molecule has 1 amide bonds. The SMILES string of the molecule is CC(C)NC(=O)Cn1cc(Nc2nccc(NCc3c(F)cc(F)cc3Cl)n2)cn1. The van der Waals surface area contributed by atoms with Gasteiger partial charge in [0, 0.05) is 36.6 Å². The lowest BCUT2D eigenvalue weighted by atomic mass is 10.2. The molecular weight excluding hydrogens is 416 g/mol. The number of hydrogen-bond donors (Lipinski definition) is 3. The summed E-state index contributed by atoms with van der Waals surface area (Å²) in [7, 11) is 0. The van der Waals surface area contributed by atoms with Gasteiger partial charge in [-0.15, -0.1) is 0 Å². The van der Waals surface area contributed by atoms with Gasteiger partial charge in [0.05, 0.1) is 16.9 Å². The second-order valence-corrected chi connectivity index (χ2v) is 7.15. The molecule has 11 heteroatoms. The molecule has 8 nitrogen and oxygen atoms in total. The van der Waals surface area contributed by atoms with Crippen molar-refractivity contribution in [1.82, 2.24) is 25.1 Å². The van der Waals surface area contributed by atoms with E-state index in [1.54, 1.807) is 18.5 Å². The average molecular weight is 436 g/mol. The minimum absolute atomic E-state index is 0.0127. The number of amides is 1. The summed E-state index contributed by atoms with van der Waals surface area (Å²) >= 11 is 5.90. The van der Waals surface area contributed by atoms with Crippen LogP contribution in [0.25, 0.3) is 0 Å². The summed E-state index contributed by atoms with van der Waals surface area (Å²) in [4.78, 5) is 20.2. The molecule has 0 saturated carbocycles. The normalized spacial score (nSPS) is 10.9. The Morgan fingerprint density at radius 1 is 1.30 bits per heavy atom. The lowest BCUT2D eigenvalue weighted by molar-refractivity contribution is -0.122. The Morgan fingerprint density at radius 2 is 2.10 bits per heavy atom.